The van der Waals surface area contributed by atoms with Crippen LogP contribution in [0.5, 0.6) is 5.75 Å². The molecule has 4 N–H and O–H groups in total. The van der Waals surface area contributed by atoms with E-state index in [1.807, 2.05) is 6.92 Å². The zero-order valence-corrected chi connectivity index (χ0v) is 17.6. The molecule has 0 aromatic heterocycles. The Morgan fingerprint density at radius 1 is 1.21 bits per heavy atom. The summed E-state index contributed by atoms with van der Waals surface area (Å²) in [7, 11) is 1.58. The number of carbonyl (C=O) groups is 1. The molecule has 0 saturated heterocycles. The number of guanidine groups is 1. The Labute approximate surface area is 169 Å². The summed E-state index contributed by atoms with van der Waals surface area (Å²) in [5.74, 6) is 2.20. The number of aliphatic hydroxyl groups is 1. The van der Waals surface area contributed by atoms with Crippen molar-refractivity contribution in [1.29, 1.82) is 0 Å². The number of nitrogens with zero attached hydrogens (tertiary/aromatic N) is 1. The molecule has 0 spiro atoms. The SMILES string of the molecule is CCNC(=NCC(CCO)CC(C)C)NCCNC(=O)c1cccc(OC)c1. The molecule has 0 heterocycles. The first-order valence-corrected chi connectivity index (χ1v) is 10.0. The summed E-state index contributed by atoms with van der Waals surface area (Å²) < 4.78 is 5.14. The number of methoxy groups -OCH3 is 1. The van der Waals surface area contributed by atoms with Crippen molar-refractivity contribution >= 4 is 11.9 Å². The third-order valence-electron chi connectivity index (χ3n) is 4.23. The molecule has 0 radical (unpaired) electrons. The highest BCUT2D eigenvalue weighted by molar-refractivity contribution is 5.94. The molecule has 0 aliphatic carbocycles. The molecule has 0 bridgehead atoms. The molecule has 0 aliphatic heterocycles. The molecular formula is C21H36N4O3. The van der Waals surface area contributed by atoms with Crippen LogP contribution in [0.2, 0.25) is 0 Å². The summed E-state index contributed by atoms with van der Waals surface area (Å²) in [5, 5.41) is 18.6. The van der Waals surface area contributed by atoms with Gasteiger partial charge in [-0.25, -0.2) is 0 Å². The van der Waals surface area contributed by atoms with Crippen LogP contribution in [-0.2, 0) is 0 Å². The maximum absolute atomic E-state index is 12.2. The summed E-state index contributed by atoms with van der Waals surface area (Å²) in [6.45, 7) is 9.05. The van der Waals surface area contributed by atoms with Gasteiger partial charge in [0, 0.05) is 38.3 Å². The van der Waals surface area contributed by atoms with Crippen LogP contribution in [0.25, 0.3) is 0 Å². The lowest BCUT2D eigenvalue weighted by atomic mass is 9.94. The minimum Gasteiger partial charge on any atom is -0.497 e. The fraction of sp³-hybridized carbons (Fsp3) is 0.619. The Hall–Kier alpha value is -2.28. The predicted octanol–water partition coefficient (Wildman–Crippen LogP) is 2.02. The van der Waals surface area contributed by atoms with Crippen LogP contribution in [0.15, 0.2) is 29.3 Å². The maximum atomic E-state index is 12.2. The second-order valence-corrected chi connectivity index (χ2v) is 7.14. The first-order valence-electron chi connectivity index (χ1n) is 10.0. The molecule has 158 valence electrons. The Morgan fingerprint density at radius 2 is 1.96 bits per heavy atom. The summed E-state index contributed by atoms with van der Waals surface area (Å²) in [6.07, 6.45) is 1.80. The number of hydrogen-bond donors (Lipinski definition) is 4. The average Bonchev–Trinajstić information content (AvgIpc) is 2.68. The molecule has 1 amide bonds. The fourth-order valence-corrected chi connectivity index (χ4v) is 2.92. The third kappa shape index (κ3) is 9.60. The number of ether oxygens (including phenoxy) is 1. The Balaban J connectivity index is 2.47. The monoisotopic (exact) mass is 392 g/mol. The van der Waals surface area contributed by atoms with Gasteiger partial charge in [-0.1, -0.05) is 19.9 Å². The fourth-order valence-electron chi connectivity index (χ4n) is 2.92. The minimum atomic E-state index is -0.136. The molecule has 0 saturated carbocycles. The Kier molecular flexibility index (Phi) is 11.7. The van der Waals surface area contributed by atoms with E-state index in [0.29, 0.717) is 42.8 Å². The van der Waals surface area contributed by atoms with Gasteiger partial charge < -0.3 is 25.8 Å². The van der Waals surface area contributed by atoms with Crippen LogP contribution in [-0.4, -0.2) is 56.9 Å². The molecular weight excluding hydrogens is 356 g/mol. The number of hydrogen-bond acceptors (Lipinski definition) is 4. The average molecular weight is 393 g/mol. The molecule has 1 aromatic carbocycles. The molecule has 7 heteroatoms. The van der Waals surface area contributed by atoms with Crippen molar-refractivity contribution in [1.82, 2.24) is 16.0 Å². The van der Waals surface area contributed by atoms with Gasteiger partial charge >= 0.3 is 0 Å². The Bertz CT molecular complexity index is 605. The van der Waals surface area contributed by atoms with E-state index in [4.69, 9.17) is 4.74 Å². The van der Waals surface area contributed by atoms with Crippen LogP contribution in [0.1, 0.15) is 44.0 Å². The van der Waals surface area contributed by atoms with Crippen molar-refractivity contribution in [3.8, 4) is 5.75 Å². The van der Waals surface area contributed by atoms with Gasteiger partial charge in [0.25, 0.3) is 5.91 Å². The van der Waals surface area contributed by atoms with Gasteiger partial charge in [-0.15, -0.1) is 0 Å². The lowest BCUT2D eigenvalue weighted by Gasteiger charge is -2.17. The van der Waals surface area contributed by atoms with Crippen molar-refractivity contribution in [2.45, 2.75) is 33.6 Å². The zero-order valence-electron chi connectivity index (χ0n) is 17.6. The molecule has 7 nitrogen and oxygen atoms in total. The highest BCUT2D eigenvalue weighted by Gasteiger charge is 2.11. The smallest absolute Gasteiger partial charge is 0.251 e. The van der Waals surface area contributed by atoms with Crippen molar-refractivity contribution in [2.75, 3.05) is 39.9 Å². The number of amides is 1. The van der Waals surface area contributed by atoms with E-state index in [2.05, 4.69) is 34.8 Å². The standard InChI is InChI=1S/C21H36N4O3/c1-5-22-21(25-15-17(9-12-26)13-16(2)3)24-11-10-23-20(27)18-7-6-8-19(14-18)28-4/h6-8,14,16-17,26H,5,9-13,15H2,1-4H3,(H,23,27)(H2,22,24,25). The van der Waals surface area contributed by atoms with E-state index in [1.165, 1.54) is 0 Å². The van der Waals surface area contributed by atoms with Crippen molar-refractivity contribution in [3.05, 3.63) is 29.8 Å². The van der Waals surface area contributed by atoms with Crippen LogP contribution < -0.4 is 20.7 Å². The molecule has 1 atom stereocenters. The molecule has 28 heavy (non-hydrogen) atoms. The van der Waals surface area contributed by atoms with Crippen LogP contribution >= 0.6 is 0 Å². The zero-order chi connectivity index (χ0) is 20.8. The van der Waals surface area contributed by atoms with E-state index in [-0.39, 0.29) is 12.5 Å². The van der Waals surface area contributed by atoms with E-state index in [1.54, 1.807) is 31.4 Å². The van der Waals surface area contributed by atoms with E-state index >= 15 is 0 Å². The summed E-state index contributed by atoms with van der Waals surface area (Å²) in [4.78, 5) is 16.8. The third-order valence-corrected chi connectivity index (χ3v) is 4.23. The number of aliphatic hydroxyl groups excluding tert-OH is 1. The van der Waals surface area contributed by atoms with E-state index in [9.17, 15) is 9.90 Å². The molecule has 1 unspecified atom stereocenters. The van der Waals surface area contributed by atoms with Crippen molar-refractivity contribution in [2.24, 2.45) is 16.8 Å². The minimum absolute atomic E-state index is 0.136. The van der Waals surface area contributed by atoms with Gasteiger partial charge in [-0.05, 0) is 49.8 Å². The van der Waals surface area contributed by atoms with Crippen LogP contribution in [0.3, 0.4) is 0 Å². The van der Waals surface area contributed by atoms with Crippen molar-refractivity contribution < 1.29 is 14.6 Å². The van der Waals surface area contributed by atoms with E-state index < -0.39 is 0 Å². The lowest BCUT2D eigenvalue weighted by molar-refractivity contribution is 0.0954. The van der Waals surface area contributed by atoms with Gasteiger partial charge in [0.1, 0.15) is 5.75 Å². The van der Waals surface area contributed by atoms with Gasteiger partial charge in [-0.3, -0.25) is 9.79 Å². The van der Waals surface area contributed by atoms with Crippen molar-refractivity contribution in [3.63, 3.8) is 0 Å². The Morgan fingerprint density at radius 3 is 2.61 bits per heavy atom. The number of benzene rings is 1. The highest BCUT2D eigenvalue weighted by Crippen LogP contribution is 2.15. The highest BCUT2D eigenvalue weighted by atomic mass is 16.5. The second kappa shape index (κ2) is 13.8. The van der Waals surface area contributed by atoms with Gasteiger partial charge in [0.05, 0.1) is 7.11 Å². The quantitative estimate of drug-likeness (QED) is 0.248. The lowest BCUT2D eigenvalue weighted by Crippen LogP contribution is -2.41. The van der Waals surface area contributed by atoms with Crippen LogP contribution in [0, 0.1) is 11.8 Å². The normalized spacial score (nSPS) is 12.6. The number of aliphatic imine (C=N–C) groups is 1. The summed E-state index contributed by atoms with van der Waals surface area (Å²) >= 11 is 0. The molecule has 1 rings (SSSR count). The largest absolute Gasteiger partial charge is 0.497 e. The maximum Gasteiger partial charge on any atom is 0.251 e. The van der Waals surface area contributed by atoms with Crippen LogP contribution in [0.4, 0.5) is 0 Å². The molecule has 1 aromatic rings. The van der Waals surface area contributed by atoms with Gasteiger partial charge in [0.15, 0.2) is 5.96 Å². The first-order chi connectivity index (χ1) is 13.5. The number of carbonyl (C=O) groups excluding carboxylic acids is 1. The first kappa shape index (κ1) is 23.8. The van der Waals surface area contributed by atoms with Gasteiger partial charge in [-0.2, -0.15) is 0 Å². The topological polar surface area (TPSA) is 95.0 Å². The molecule has 0 fully saturated rings. The predicted molar refractivity (Wildman–Crippen MR) is 114 cm³/mol. The summed E-state index contributed by atoms with van der Waals surface area (Å²) in [6, 6.07) is 7.07. The number of rotatable bonds is 12. The number of nitrogens with one attached hydrogen (secondary N) is 3. The summed E-state index contributed by atoms with van der Waals surface area (Å²) in [5.41, 5.74) is 0.570. The second-order valence-electron chi connectivity index (χ2n) is 7.14. The van der Waals surface area contributed by atoms with E-state index in [0.717, 1.165) is 25.3 Å². The molecule has 0 aliphatic rings. The van der Waals surface area contributed by atoms with Gasteiger partial charge in [0.2, 0.25) is 0 Å².